The van der Waals surface area contributed by atoms with Crippen molar-refractivity contribution >= 4 is 0 Å². The summed E-state index contributed by atoms with van der Waals surface area (Å²) in [4.78, 5) is 2.47. The van der Waals surface area contributed by atoms with Gasteiger partial charge in [-0.05, 0) is 36.6 Å². The third-order valence-electron chi connectivity index (χ3n) is 3.91. The van der Waals surface area contributed by atoms with E-state index in [2.05, 4.69) is 48.2 Å². The highest BCUT2D eigenvalue weighted by Gasteiger charge is 2.15. The van der Waals surface area contributed by atoms with Crippen molar-refractivity contribution in [2.75, 3.05) is 19.7 Å². The van der Waals surface area contributed by atoms with Crippen LogP contribution < -0.4 is 4.74 Å². The molecule has 0 aliphatic carbocycles. The molecule has 2 aromatic carbocycles. The van der Waals surface area contributed by atoms with E-state index in [0.717, 1.165) is 38.4 Å². The zero-order valence-corrected chi connectivity index (χ0v) is 12.0. The molecule has 0 unspecified atom stereocenters. The van der Waals surface area contributed by atoms with Crippen molar-refractivity contribution in [1.82, 2.24) is 4.90 Å². The van der Waals surface area contributed by atoms with Gasteiger partial charge in [0.15, 0.2) is 0 Å². The molecular formula is C18H21NO. The van der Waals surface area contributed by atoms with Gasteiger partial charge in [-0.15, -0.1) is 0 Å². The van der Waals surface area contributed by atoms with E-state index in [0.29, 0.717) is 0 Å². The summed E-state index contributed by atoms with van der Waals surface area (Å²) in [6.45, 7) is 6.02. The molecule has 104 valence electrons. The normalized spacial score (nSPS) is 14.8. The molecule has 0 bridgehead atoms. The molecule has 2 heteroatoms. The van der Waals surface area contributed by atoms with E-state index in [4.69, 9.17) is 4.74 Å². The number of hydrogen-bond acceptors (Lipinski definition) is 2. The van der Waals surface area contributed by atoms with E-state index >= 15 is 0 Å². The van der Waals surface area contributed by atoms with Crippen LogP contribution in [0.5, 0.6) is 5.75 Å². The number of rotatable bonds is 4. The molecular weight excluding hydrogens is 246 g/mol. The van der Waals surface area contributed by atoms with Crippen LogP contribution in [0.4, 0.5) is 0 Å². The maximum atomic E-state index is 5.81. The van der Waals surface area contributed by atoms with Gasteiger partial charge in [0.05, 0.1) is 0 Å². The molecule has 0 atom stereocenters. The van der Waals surface area contributed by atoms with Crippen LogP contribution in [0, 0.1) is 6.92 Å². The van der Waals surface area contributed by atoms with Crippen LogP contribution in [0.3, 0.4) is 0 Å². The Labute approximate surface area is 121 Å². The SMILES string of the molecule is Cc1ccc(OCCN2CCc3ccccc3C2)cc1. The van der Waals surface area contributed by atoms with E-state index < -0.39 is 0 Å². The summed E-state index contributed by atoms with van der Waals surface area (Å²) >= 11 is 0. The average Bonchev–Trinajstić information content (AvgIpc) is 2.49. The van der Waals surface area contributed by atoms with E-state index in [1.165, 1.54) is 16.7 Å². The van der Waals surface area contributed by atoms with Crippen LogP contribution in [-0.4, -0.2) is 24.6 Å². The van der Waals surface area contributed by atoms with Crippen molar-refractivity contribution in [2.24, 2.45) is 0 Å². The minimum absolute atomic E-state index is 0.755. The van der Waals surface area contributed by atoms with Gasteiger partial charge in [0.2, 0.25) is 0 Å². The Morgan fingerprint density at radius 2 is 1.75 bits per heavy atom. The molecule has 0 amide bonds. The third-order valence-corrected chi connectivity index (χ3v) is 3.91. The third kappa shape index (κ3) is 3.20. The minimum Gasteiger partial charge on any atom is -0.492 e. The quantitative estimate of drug-likeness (QED) is 0.841. The Balaban J connectivity index is 1.49. The van der Waals surface area contributed by atoms with Crippen LogP contribution in [0.15, 0.2) is 48.5 Å². The molecule has 0 saturated carbocycles. The fourth-order valence-electron chi connectivity index (χ4n) is 2.67. The molecule has 1 aliphatic rings. The topological polar surface area (TPSA) is 12.5 Å². The van der Waals surface area contributed by atoms with Gasteiger partial charge in [-0.25, -0.2) is 0 Å². The molecule has 0 fully saturated rings. The fraction of sp³-hybridized carbons (Fsp3) is 0.333. The summed E-state index contributed by atoms with van der Waals surface area (Å²) in [5.41, 5.74) is 4.24. The van der Waals surface area contributed by atoms with Gasteiger partial charge in [0, 0.05) is 19.6 Å². The molecule has 0 aromatic heterocycles. The molecule has 3 rings (SSSR count). The Morgan fingerprint density at radius 1 is 1.00 bits per heavy atom. The number of benzene rings is 2. The smallest absolute Gasteiger partial charge is 0.119 e. The van der Waals surface area contributed by atoms with Crippen LogP contribution in [-0.2, 0) is 13.0 Å². The zero-order chi connectivity index (χ0) is 13.8. The van der Waals surface area contributed by atoms with E-state index in [-0.39, 0.29) is 0 Å². The maximum absolute atomic E-state index is 5.81. The van der Waals surface area contributed by atoms with Gasteiger partial charge in [-0.1, -0.05) is 42.0 Å². The summed E-state index contributed by atoms with van der Waals surface area (Å²) in [7, 11) is 0. The Morgan fingerprint density at radius 3 is 2.55 bits per heavy atom. The summed E-state index contributed by atoms with van der Waals surface area (Å²) in [6, 6.07) is 17.0. The van der Waals surface area contributed by atoms with Gasteiger partial charge in [0.1, 0.15) is 12.4 Å². The first-order valence-electron chi connectivity index (χ1n) is 7.30. The van der Waals surface area contributed by atoms with Gasteiger partial charge in [-0.3, -0.25) is 4.90 Å². The lowest BCUT2D eigenvalue weighted by Gasteiger charge is -2.28. The first-order valence-corrected chi connectivity index (χ1v) is 7.30. The van der Waals surface area contributed by atoms with Crippen LogP contribution in [0.2, 0.25) is 0 Å². The second kappa shape index (κ2) is 6.10. The molecule has 0 saturated heterocycles. The van der Waals surface area contributed by atoms with E-state index in [9.17, 15) is 0 Å². The van der Waals surface area contributed by atoms with E-state index in [1.807, 2.05) is 12.1 Å². The summed E-state index contributed by atoms with van der Waals surface area (Å²) in [5, 5.41) is 0. The number of nitrogens with zero attached hydrogens (tertiary/aromatic N) is 1. The van der Waals surface area contributed by atoms with Gasteiger partial charge in [-0.2, -0.15) is 0 Å². The lowest BCUT2D eigenvalue weighted by molar-refractivity contribution is 0.196. The first kappa shape index (κ1) is 13.2. The second-order valence-corrected chi connectivity index (χ2v) is 5.46. The summed E-state index contributed by atoms with van der Waals surface area (Å²) in [5.74, 6) is 0.966. The second-order valence-electron chi connectivity index (χ2n) is 5.46. The fourth-order valence-corrected chi connectivity index (χ4v) is 2.67. The Bertz CT molecular complexity index is 562. The molecule has 0 N–H and O–H groups in total. The van der Waals surface area contributed by atoms with Crippen molar-refractivity contribution in [3.63, 3.8) is 0 Å². The lowest BCUT2D eigenvalue weighted by atomic mass is 10.0. The molecule has 1 aliphatic heterocycles. The Kier molecular flexibility index (Phi) is 4.03. The van der Waals surface area contributed by atoms with Gasteiger partial charge in [0.25, 0.3) is 0 Å². The highest BCUT2D eigenvalue weighted by atomic mass is 16.5. The molecule has 1 heterocycles. The lowest BCUT2D eigenvalue weighted by Crippen LogP contribution is -2.33. The molecule has 0 spiro atoms. The highest BCUT2D eigenvalue weighted by molar-refractivity contribution is 5.29. The average molecular weight is 267 g/mol. The molecule has 2 nitrogen and oxygen atoms in total. The number of ether oxygens (including phenoxy) is 1. The largest absolute Gasteiger partial charge is 0.492 e. The first-order chi connectivity index (χ1) is 9.81. The van der Waals surface area contributed by atoms with Crippen molar-refractivity contribution in [2.45, 2.75) is 19.9 Å². The molecule has 0 radical (unpaired) electrons. The van der Waals surface area contributed by atoms with Crippen molar-refractivity contribution in [1.29, 1.82) is 0 Å². The van der Waals surface area contributed by atoms with Crippen molar-refractivity contribution in [3.8, 4) is 5.75 Å². The monoisotopic (exact) mass is 267 g/mol. The van der Waals surface area contributed by atoms with Gasteiger partial charge < -0.3 is 4.74 Å². The zero-order valence-electron chi connectivity index (χ0n) is 12.0. The van der Waals surface area contributed by atoms with Crippen molar-refractivity contribution in [3.05, 3.63) is 65.2 Å². The number of fused-ring (bicyclic) bond motifs is 1. The maximum Gasteiger partial charge on any atom is 0.119 e. The van der Waals surface area contributed by atoms with Gasteiger partial charge >= 0.3 is 0 Å². The number of hydrogen-bond donors (Lipinski definition) is 0. The molecule has 20 heavy (non-hydrogen) atoms. The molecule has 2 aromatic rings. The highest BCUT2D eigenvalue weighted by Crippen LogP contribution is 2.18. The minimum atomic E-state index is 0.755. The van der Waals surface area contributed by atoms with Crippen LogP contribution in [0.1, 0.15) is 16.7 Å². The summed E-state index contributed by atoms with van der Waals surface area (Å²) in [6.07, 6.45) is 1.15. The van der Waals surface area contributed by atoms with E-state index in [1.54, 1.807) is 0 Å². The number of aryl methyl sites for hydroxylation is 1. The standard InChI is InChI=1S/C18H21NO/c1-15-6-8-18(9-7-15)20-13-12-19-11-10-16-4-2-3-5-17(16)14-19/h2-9H,10-14H2,1H3. The Hall–Kier alpha value is -1.80. The summed E-state index contributed by atoms with van der Waals surface area (Å²) < 4.78 is 5.81. The predicted octanol–water partition coefficient (Wildman–Crippen LogP) is 3.43. The predicted molar refractivity (Wildman–Crippen MR) is 82.1 cm³/mol. The van der Waals surface area contributed by atoms with Crippen molar-refractivity contribution < 1.29 is 4.74 Å². The van der Waals surface area contributed by atoms with Crippen LogP contribution >= 0.6 is 0 Å². The van der Waals surface area contributed by atoms with Crippen LogP contribution in [0.25, 0.3) is 0 Å².